The molecule has 144 valence electrons. The lowest BCUT2D eigenvalue weighted by atomic mass is 10.00. The average Bonchev–Trinajstić information content (AvgIpc) is 2.77. The Balaban J connectivity index is 1.65. The zero-order valence-corrected chi connectivity index (χ0v) is 16.3. The number of ether oxygens (including phenoxy) is 1. The van der Waals surface area contributed by atoms with Crippen molar-refractivity contribution in [2.75, 3.05) is 17.7 Å². The average molecular weight is 402 g/mol. The number of hydrogen-bond acceptors (Lipinski definition) is 5. The highest BCUT2D eigenvalue weighted by molar-refractivity contribution is 7.99. The second-order valence-electron chi connectivity index (χ2n) is 5.98. The van der Waals surface area contributed by atoms with Gasteiger partial charge in [-0.15, -0.1) is 11.8 Å². The lowest BCUT2D eigenvalue weighted by Crippen LogP contribution is -2.21. The summed E-state index contributed by atoms with van der Waals surface area (Å²) in [5.74, 6) is -0.731. The molecule has 0 atom stereocenters. The van der Waals surface area contributed by atoms with E-state index in [1.54, 1.807) is 24.3 Å². The van der Waals surface area contributed by atoms with E-state index in [1.807, 2.05) is 54.6 Å². The van der Waals surface area contributed by atoms with Crippen molar-refractivity contribution in [2.45, 2.75) is 4.90 Å². The van der Waals surface area contributed by atoms with Crippen LogP contribution in [-0.2, 0) is 9.53 Å². The maximum Gasteiger partial charge on any atom is 0.339 e. The third-order valence-corrected chi connectivity index (χ3v) is 4.96. The van der Waals surface area contributed by atoms with Crippen LogP contribution in [0.4, 0.5) is 5.69 Å². The first kappa shape index (κ1) is 20.2. The Morgan fingerprint density at radius 3 is 2.41 bits per heavy atom. The molecular formula is C23H18N2O3S. The molecule has 6 heteroatoms. The number of thioether (sulfide) groups is 1. The topological polar surface area (TPSA) is 79.2 Å². The summed E-state index contributed by atoms with van der Waals surface area (Å²) in [5.41, 5.74) is 2.62. The Kier molecular flexibility index (Phi) is 7.04. The van der Waals surface area contributed by atoms with Crippen LogP contribution in [0.5, 0.6) is 0 Å². The van der Waals surface area contributed by atoms with Gasteiger partial charge in [0.2, 0.25) is 0 Å². The number of hydrogen-bond donors (Lipinski definition) is 1. The van der Waals surface area contributed by atoms with Gasteiger partial charge in [0, 0.05) is 4.90 Å². The van der Waals surface area contributed by atoms with E-state index in [0.29, 0.717) is 11.3 Å². The molecule has 0 saturated carbocycles. The van der Waals surface area contributed by atoms with Crippen LogP contribution >= 0.6 is 11.8 Å². The second kappa shape index (κ2) is 10.1. The summed E-state index contributed by atoms with van der Waals surface area (Å²) in [7, 11) is 0. The van der Waals surface area contributed by atoms with E-state index in [0.717, 1.165) is 16.0 Å². The number of nitrogens with one attached hydrogen (secondary N) is 1. The molecule has 29 heavy (non-hydrogen) atoms. The molecule has 0 aliphatic heterocycles. The van der Waals surface area contributed by atoms with E-state index in [4.69, 9.17) is 10.00 Å². The van der Waals surface area contributed by atoms with E-state index in [-0.39, 0.29) is 5.75 Å². The Hall–Kier alpha value is -3.56. The molecular weight excluding hydrogens is 384 g/mol. The Labute approximate surface area is 173 Å². The van der Waals surface area contributed by atoms with E-state index >= 15 is 0 Å². The highest BCUT2D eigenvalue weighted by Crippen LogP contribution is 2.27. The maximum absolute atomic E-state index is 12.6. The third-order valence-electron chi connectivity index (χ3n) is 4.02. The molecule has 1 amide bonds. The highest BCUT2D eigenvalue weighted by atomic mass is 32.2. The van der Waals surface area contributed by atoms with Crippen LogP contribution in [0, 0.1) is 11.3 Å². The standard InChI is InChI=1S/C23H18N2O3S/c24-14-15-29-21-13-7-6-12-20(21)25-22(26)16-28-23(27)19-11-5-4-10-18(19)17-8-2-1-3-9-17/h1-13H,15-16H2,(H,25,26). The smallest absolute Gasteiger partial charge is 0.339 e. The van der Waals surface area contributed by atoms with E-state index in [1.165, 1.54) is 11.8 Å². The minimum absolute atomic E-state index is 0.276. The van der Waals surface area contributed by atoms with Gasteiger partial charge in [-0.25, -0.2) is 4.79 Å². The van der Waals surface area contributed by atoms with Crippen molar-refractivity contribution >= 4 is 29.3 Å². The summed E-state index contributed by atoms with van der Waals surface area (Å²) in [6, 6.07) is 25.9. The van der Waals surface area contributed by atoms with E-state index in [9.17, 15) is 9.59 Å². The van der Waals surface area contributed by atoms with Gasteiger partial charge in [0.05, 0.1) is 23.1 Å². The number of para-hydroxylation sites is 1. The number of carbonyl (C=O) groups excluding carboxylic acids is 2. The van der Waals surface area contributed by atoms with Crippen LogP contribution in [-0.4, -0.2) is 24.2 Å². The molecule has 0 aliphatic carbocycles. The monoisotopic (exact) mass is 402 g/mol. The summed E-state index contributed by atoms with van der Waals surface area (Å²) in [5, 5.41) is 11.5. The van der Waals surface area contributed by atoms with Gasteiger partial charge in [0.1, 0.15) is 0 Å². The first-order valence-corrected chi connectivity index (χ1v) is 9.88. The molecule has 0 radical (unpaired) electrons. The van der Waals surface area contributed by atoms with Crippen LogP contribution in [0.25, 0.3) is 11.1 Å². The molecule has 1 N–H and O–H groups in total. The van der Waals surface area contributed by atoms with Crippen molar-refractivity contribution in [2.24, 2.45) is 0 Å². The van der Waals surface area contributed by atoms with Gasteiger partial charge in [0.25, 0.3) is 5.91 Å². The Morgan fingerprint density at radius 1 is 0.931 bits per heavy atom. The lowest BCUT2D eigenvalue weighted by molar-refractivity contribution is -0.119. The summed E-state index contributed by atoms with van der Waals surface area (Å²) >= 11 is 1.33. The van der Waals surface area contributed by atoms with Crippen LogP contribution in [0.1, 0.15) is 10.4 Å². The molecule has 3 aromatic carbocycles. The fourth-order valence-corrected chi connectivity index (χ4v) is 3.40. The van der Waals surface area contributed by atoms with Crippen molar-refractivity contribution in [3.8, 4) is 17.2 Å². The molecule has 0 aliphatic rings. The van der Waals surface area contributed by atoms with Gasteiger partial charge in [0.15, 0.2) is 6.61 Å². The molecule has 3 rings (SSSR count). The van der Waals surface area contributed by atoms with Crippen molar-refractivity contribution in [3.63, 3.8) is 0 Å². The number of rotatable bonds is 7. The zero-order valence-electron chi connectivity index (χ0n) is 15.5. The van der Waals surface area contributed by atoms with E-state index in [2.05, 4.69) is 11.4 Å². The minimum atomic E-state index is -0.563. The van der Waals surface area contributed by atoms with Crippen LogP contribution in [0.2, 0.25) is 0 Å². The van der Waals surface area contributed by atoms with Crippen molar-refractivity contribution in [3.05, 3.63) is 84.4 Å². The maximum atomic E-state index is 12.6. The highest BCUT2D eigenvalue weighted by Gasteiger charge is 2.15. The number of esters is 1. The third kappa shape index (κ3) is 5.47. The second-order valence-corrected chi connectivity index (χ2v) is 7.00. The molecule has 0 unspecified atom stereocenters. The molecule has 0 fully saturated rings. The molecule has 0 saturated heterocycles. The predicted molar refractivity (Wildman–Crippen MR) is 114 cm³/mol. The summed E-state index contributed by atoms with van der Waals surface area (Å²) in [6.07, 6.45) is 0. The van der Waals surface area contributed by atoms with Crippen LogP contribution < -0.4 is 5.32 Å². The first-order chi connectivity index (χ1) is 14.2. The molecule has 0 heterocycles. The normalized spacial score (nSPS) is 10.0. The fourth-order valence-electron chi connectivity index (χ4n) is 2.73. The molecule has 0 aromatic heterocycles. The quantitative estimate of drug-likeness (QED) is 0.455. The number of benzene rings is 3. The van der Waals surface area contributed by atoms with Gasteiger partial charge in [-0.2, -0.15) is 5.26 Å². The van der Waals surface area contributed by atoms with Gasteiger partial charge in [-0.05, 0) is 29.3 Å². The van der Waals surface area contributed by atoms with Crippen LogP contribution in [0.15, 0.2) is 83.8 Å². The van der Waals surface area contributed by atoms with Gasteiger partial charge in [-0.3, -0.25) is 4.79 Å². The predicted octanol–water partition coefficient (Wildman–Crippen LogP) is 4.76. The number of amides is 1. The van der Waals surface area contributed by atoms with Gasteiger partial charge in [-0.1, -0.05) is 60.7 Å². The van der Waals surface area contributed by atoms with Crippen LogP contribution in [0.3, 0.4) is 0 Å². The Morgan fingerprint density at radius 2 is 1.62 bits per heavy atom. The number of nitriles is 1. The van der Waals surface area contributed by atoms with Gasteiger partial charge < -0.3 is 10.1 Å². The Bertz CT molecular complexity index is 1050. The number of carbonyl (C=O) groups is 2. The summed E-state index contributed by atoms with van der Waals surface area (Å²) in [4.78, 5) is 25.6. The number of nitrogens with zero attached hydrogens (tertiary/aromatic N) is 1. The van der Waals surface area contributed by atoms with Crippen molar-refractivity contribution in [1.82, 2.24) is 0 Å². The zero-order chi connectivity index (χ0) is 20.5. The summed E-state index contributed by atoms with van der Waals surface area (Å²) < 4.78 is 5.24. The van der Waals surface area contributed by atoms with Crippen molar-refractivity contribution < 1.29 is 14.3 Å². The minimum Gasteiger partial charge on any atom is -0.452 e. The number of anilines is 1. The molecule has 3 aromatic rings. The van der Waals surface area contributed by atoms with Crippen molar-refractivity contribution in [1.29, 1.82) is 5.26 Å². The first-order valence-electron chi connectivity index (χ1n) is 8.89. The molecule has 5 nitrogen and oxygen atoms in total. The molecule has 0 bridgehead atoms. The SMILES string of the molecule is N#CCSc1ccccc1NC(=O)COC(=O)c1ccccc1-c1ccccc1. The molecule has 0 spiro atoms. The lowest BCUT2D eigenvalue weighted by Gasteiger charge is -2.11. The largest absolute Gasteiger partial charge is 0.452 e. The summed E-state index contributed by atoms with van der Waals surface area (Å²) in [6.45, 7) is -0.404. The van der Waals surface area contributed by atoms with Gasteiger partial charge >= 0.3 is 5.97 Å². The van der Waals surface area contributed by atoms with E-state index < -0.39 is 18.5 Å². The fraction of sp³-hybridized carbons (Fsp3) is 0.0870.